The van der Waals surface area contributed by atoms with Crippen LogP contribution >= 0.6 is 0 Å². The number of hydrogen-bond acceptors (Lipinski definition) is 5. The third kappa shape index (κ3) is 3.66. The smallest absolute Gasteiger partial charge is 0.244 e. The second-order valence-electron chi connectivity index (χ2n) is 7.88. The Morgan fingerprint density at radius 3 is 2.42 bits per heavy atom. The molecule has 158 valence electrons. The van der Waals surface area contributed by atoms with Crippen molar-refractivity contribution in [1.82, 2.24) is 24.3 Å². The number of carbonyl (C=O) groups excluding carboxylic acids is 1. The molecule has 2 N–H and O–H groups in total. The van der Waals surface area contributed by atoms with Crippen LogP contribution in [0.5, 0.6) is 0 Å². The van der Waals surface area contributed by atoms with E-state index in [9.17, 15) is 4.79 Å². The summed E-state index contributed by atoms with van der Waals surface area (Å²) in [6, 6.07) is 13.1. The minimum Gasteiger partial charge on any atom is -0.365 e. The zero-order valence-corrected chi connectivity index (χ0v) is 17.4. The fraction of sp³-hybridized carbons (Fsp3) is 0.261. The molecule has 1 fully saturated rings. The van der Waals surface area contributed by atoms with E-state index in [2.05, 4.69) is 27.2 Å². The molecule has 3 aromatic heterocycles. The molecule has 0 unspecified atom stereocenters. The standard InChI is InChI=1S/C23H25N7O/c1-27-15-19(13-25-27)18-7-8-20-21(14-26-30(20)16-18)28-9-11-29(12-10-28)23(31)22(24)17-5-3-2-4-6-17/h2-8,13-16,22H,9-12,24H2,1H3/t22-/m0/s1. The van der Waals surface area contributed by atoms with Gasteiger partial charge in [-0.25, -0.2) is 4.52 Å². The van der Waals surface area contributed by atoms with E-state index in [1.54, 1.807) is 4.68 Å². The van der Waals surface area contributed by atoms with Crippen LogP contribution in [-0.4, -0.2) is 56.4 Å². The van der Waals surface area contributed by atoms with Gasteiger partial charge in [0, 0.05) is 56.7 Å². The van der Waals surface area contributed by atoms with E-state index < -0.39 is 6.04 Å². The highest BCUT2D eigenvalue weighted by atomic mass is 16.2. The first kappa shape index (κ1) is 19.3. The number of benzene rings is 1. The molecule has 0 saturated carbocycles. The van der Waals surface area contributed by atoms with Crippen molar-refractivity contribution in [3.63, 3.8) is 0 Å². The molecule has 31 heavy (non-hydrogen) atoms. The first-order chi connectivity index (χ1) is 15.1. The third-order valence-electron chi connectivity index (χ3n) is 5.89. The molecule has 1 aliphatic rings. The molecule has 1 amide bonds. The van der Waals surface area contributed by atoms with Gasteiger partial charge in [0.1, 0.15) is 6.04 Å². The van der Waals surface area contributed by atoms with Gasteiger partial charge >= 0.3 is 0 Å². The Balaban J connectivity index is 1.29. The van der Waals surface area contributed by atoms with Crippen LogP contribution in [0.25, 0.3) is 16.6 Å². The first-order valence-electron chi connectivity index (χ1n) is 10.4. The molecule has 4 aromatic rings. The summed E-state index contributed by atoms with van der Waals surface area (Å²) < 4.78 is 3.69. The lowest BCUT2D eigenvalue weighted by Gasteiger charge is -2.36. The number of carbonyl (C=O) groups is 1. The predicted molar refractivity (Wildman–Crippen MR) is 120 cm³/mol. The minimum absolute atomic E-state index is 0.0215. The monoisotopic (exact) mass is 415 g/mol. The summed E-state index contributed by atoms with van der Waals surface area (Å²) in [7, 11) is 1.91. The Morgan fingerprint density at radius 1 is 0.935 bits per heavy atom. The number of pyridine rings is 1. The maximum absolute atomic E-state index is 12.8. The molecule has 0 aliphatic carbocycles. The minimum atomic E-state index is -0.615. The highest BCUT2D eigenvalue weighted by Crippen LogP contribution is 2.26. The summed E-state index contributed by atoms with van der Waals surface area (Å²) in [5, 5.41) is 8.80. The van der Waals surface area contributed by atoms with Crippen molar-refractivity contribution >= 4 is 17.1 Å². The topological polar surface area (TPSA) is 84.7 Å². The van der Waals surface area contributed by atoms with Gasteiger partial charge < -0.3 is 15.5 Å². The Morgan fingerprint density at radius 2 is 1.71 bits per heavy atom. The number of nitrogens with zero attached hydrogens (tertiary/aromatic N) is 6. The van der Waals surface area contributed by atoms with E-state index in [0.717, 1.165) is 41.0 Å². The van der Waals surface area contributed by atoms with E-state index in [4.69, 9.17) is 5.73 Å². The van der Waals surface area contributed by atoms with E-state index >= 15 is 0 Å². The van der Waals surface area contributed by atoms with Crippen molar-refractivity contribution in [2.24, 2.45) is 12.8 Å². The largest absolute Gasteiger partial charge is 0.365 e. The van der Waals surface area contributed by atoms with Crippen LogP contribution < -0.4 is 10.6 Å². The van der Waals surface area contributed by atoms with Crippen LogP contribution in [0, 0.1) is 0 Å². The maximum atomic E-state index is 12.8. The predicted octanol–water partition coefficient (Wildman–Crippen LogP) is 2.08. The molecule has 0 radical (unpaired) electrons. The summed E-state index contributed by atoms with van der Waals surface area (Å²) in [4.78, 5) is 17.0. The summed E-state index contributed by atoms with van der Waals surface area (Å²) in [6.45, 7) is 2.78. The van der Waals surface area contributed by atoms with Gasteiger partial charge in [0.05, 0.1) is 23.6 Å². The summed E-state index contributed by atoms with van der Waals surface area (Å²) >= 11 is 0. The fourth-order valence-electron chi connectivity index (χ4n) is 4.12. The zero-order chi connectivity index (χ0) is 21.4. The summed E-state index contributed by atoms with van der Waals surface area (Å²) in [5.41, 5.74) is 11.3. The van der Waals surface area contributed by atoms with Gasteiger partial charge in [0.15, 0.2) is 0 Å². The summed E-state index contributed by atoms with van der Waals surface area (Å²) in [5.74, 6) is -0.0215. The van der Waals surface area contributed by atoms with Gasteiger partial charge in [0.2, 0.25) is 5.91 Å². The van der Waals surface area contributed by atoms with E-state index in [-0.39, 0.29) is 5.91 Å². The molecule has 8 nitrogen and oxygen atoms in total. The lowest BCUT2D eigenvalue weighted by molar-refractivity contribution is -0.133. The molecule has 1 aromatic carbocycles. The van der Waals surface area contributed by atoms with Crippen LogP contribution in [0.3, 0.4) is 0 Å². The van der Waals surface area contributed by atoms with Crippen molar-refractivity contribution in [3.8, 4) is 11.1 Å². The number of aryl methyl sites for hydroxylation is 1. The lowest BCUT2D eigenvalue weighted by atomic mass is 10.1. The number of amides is 1. The Hall–Kier alpha value is -3.65. The number of aromatic nitrogens is 4. The number of nitrogens with two attached hydrogens (primary N) is 1. The Bertz CT molecular complexity index is 1210. The number of hydrogen-bond donors (Lipinski definition) is 1. The molecular formula is C23H25N7O. The summed E-state index contributed by atoms with van der Waals surface area (Å²) in [6.07, 6.45) is 7.76. The van der Waals surface area contributed by atoms with E-state index in [1.165, 1.54) is 0 Å². The molecule has 1 aliphatic heterocycles. The van der Waals surface area contributed by atoms with Gasteiger partial charge in [-0.15, -0.1) is 0 Å². The van der Waals surface area contributed by atoms with Crippen LogP contribution in [0.4, 0.5) is 5.69 Å². The zero-order valence-electron chi connectivity index (χ0n) is 17.4. The van der Waals surface area contributed by atoms with E-state index in [0.29, 0.717) is 13.1 Å². The molecule has 0 bridgehead atoms. The van der Waals surface area contributed by atoms with Gasteiger partial charge in [-0.3, -0.25) is 9.48 Å². The molecule has 5 rings (SSSR count). The van der Waals surface area contributed by atoms with Crippen molar-refractivity contribution in [3.05, 3.63) is 72.8 Å². The number of piperazine rings is 1. The van der Waals surface area contributed by atoms with Crippen LogP contribution in [-0.2, 0) is 11.8 Å². The average molecular weight is 416 g/mol. The second kappa shape index (κ2) is 7.88. The van der Waals surface area contributed by atoms with Crippen molar-refractivity contribution in [2.45, 2.75) is 6.04 Å². The Labute approximate surface area is 180 Å². The van der Waals surface area contributed by atoms with Crippen LogP contribution in [0.15, 0.2) is 67.3 Å². The number of fused-ring (bicyclic) bond motifs is 1. The van der Waals surface area contributed by atoms with Gasteiger partial charge in [-0.1, -0.05) is 36.4 Å². The van der Waals surface area contributed by atoms with Crippen molar-refractivity contribution in [2.75, 3.05) is 31.1 Å². The van der Waals surface area contributed by atoms with Crippen molar-refractivity contribution in [1.29, 1.82) is 0 Å². The highest BCUT2D eigenvalue weighted by Gasteiger charge is 2.27. The number of anilines is 1. The molecule has 1 saturated heterocycles. The van der Waals surface area contributed by atoms with E-state index in [1.807, 2.05) is 71.6 Å². The van der Waals surface area contributed by atoms with Crippen LogP contribution in [0.1, 0.15) is 11.6 Å². The second-order valence-corrected chi connectivity index (χ2v) is 7.88. The third-order valence-corrected chi connectivity index (χ3v) is 5.89. The fourth-order valence-corrected chi connectivity index (χ4v) is 4.12. The van der Waals surface area contributed by atoms with Crippen molar-refractivity contribution < 1.29 is 4.79 Å². The van der Waals surface area contributed by atoms with Gasteiger partial charge in [-0.05, 0) is 11.6 Å². The Kier molecular flexibility index (Phi) is 4.91. The molecular weight excluding hydrogens is 390 g/mol. The van der Waals surface area contributed by atoms with Crippen LogP contribution in [0.2, 0.25) is 0 Å². The average Bonchev–Trinajstić information content (AvgIpc) is 3.44. The van der Waals surface area contributed by atoms with Gasteiger partial charge in [0.25, 0.3) is 0 Å². The number of rotatable bonds is 4. The lowest BCUT2D eigenvalue weighted by Crippen LogP contribution is -2.51. The van der Waals surface area contributed by atoms with Gasteiger partial charge in [-0.2, -0.15) is 10.2 Å². The normalized spacial score (nSPS) is 15.4. The molecule has 8 heteroatoms. The molecule has 0 spiro atoms. The molecule has 1 atom stereocenters. The molecule has 4 heterocycles. The first-order valence-corrected chi connectivity index (χ1v) is 10.4. The maximum Gasteiger partial charge on any atom is 0.244 e. The SMILES string of the molecule is Cn1cc(-c2ccc3c(N4CCN(C(=O)[C@@H](N)c5ccccc5)CC4)cnn3c2)cn1. The quantitative estimate of drug-likeness (QED) is 0.552. The highest BCUT2D eigenvalue weighted by molar-refractivity contribution is 5.83.